The van der Waals surface area contributed by atoms with Gasteiger partial charge in [0, 0.05) is 17.3 Å². The van der Waals surface area contributed by atoms with Gasteiger partial charge in [-0.15, -0.1) is 0 Å². The van der Waals surface area contributed by atoms with Crippen LogP contribution in [0.25, 0.3) is 0 Å². The molecule has 0 fully saturated rings. The SMILES string of the molecule is CC1(C)CCCc2cnc(Nc3ccccc3)nc21. The second-order valence-electron chi connectivity index (χ2n) is 5.80. The average molecular weight is 253 g/mol. The molecule has 0 unspecified atom stereocenters. The van der Waals surface area contributed by atoms with Crippen LogP contribution in [0.2, 0.25) is 0 Å². The van der Waals surface area contributed by atoms with Crippen molar-refractivity contribution in [3.8, 4) is 0 Å². The fourth-order valence-corrected chi connectivity index (χ4v) is 2.73. The average Bonchev–Trinajstić information content (AvgIpc) is 2.40. The molecule has 0 saturated heterocycles. The van der Waals surface area contributed by atoms with E-state index in [-0.39, 0.29) is 5.41 Å². The molecule has 2 aromatic rings. The molecule has 0 spiro atoms. The highest BCUT2D eigenvalue weighted by molar-refractivity contribution is 5.53. The van der Waals surface area contributed by atoms with Crippen molar-refractivity contribution in [2.75, 3.05) is 5.32 Å². The molecule has 0 amide bonds. The van der Waals surface area contributed by atoms with Crippen LogP contribution >= 0.6 is 0 Å². The lowest BCUT2D eigenvalue weighted by molar-refractivity contribution is 0.417. The topological polar surface area (TPSA) is 37.8 Å². The molecule has 1 aliphatic rings. The van der Waals surface area contributed by atoms with Crippen molar-refractivity contribution in [2.24, 2.45) is 0 Å². The van der Waals surface area contributed by atoms with Crippen LogP contribution in [-0.4, -0.2) is 9.97 Å². The summed E-state index contributed by atoms with van der Waals surface area (Å²) in [6, 6.07) is 10.1. The molecule has 0 atom stereocenters. The van der Waals surface area contributed by atoms with Gasteiger partial charge in [0.1, 0.15) is 0 Å². The quantitative estimate of drug-likeness (QED) is 0.883. The number of aryl methyl sites for hydroxylation is 1. The first-order chi connectivity index (χ1) is 9.15. The van der Waals surface area contributed by atoms with Crippen LogP contribution in [0, 0.1) is 0 Å². The van der Waals surface area contributed by atoms with E-state index < -0.39 is 0 Å². The summed E-state index contributed by atoms with van der Waals surface area (Å²) in [6.45, 7) is 4.54. The predicted molar refractivity (Wildman–Crippen MR) is 77.7 cm³/mol. The van der Waals surface area contributed by atoms with E-state index in [2.05, 4.69) is 24.1 Å². The number of nitrogens with one attached hydrogen (secondary N) is 1. The van der Waals surface area contributed by atoms with Gasteiger partial charge in [-0.2, -0.15) is 0 Å². The van der Waals surface area contributed by atoms with Gasteiger partial charge in [-0.3, -0.25) is 0 Å². The minimum absolute atomic E-state index is 0.156. The summed E-state index contributed by atoms with van der Waals surface area (Å²) in [7, 11) is 0. The summed E-state index contributed by atoms with van der Waals surface area (Å²) in [5.41, 5.74) is 3.68. The zero-order valence-corrected chi connectivity index (χ0v) is 11.5. The number of aromatic nitrogens is 2. The molecule has 0 saturated carbocycles. The van der Waals surface area contributed by atoms with E-state index in [0.29, 0.717) is 5.95 Å². The van der Waals surface area contributed by atoms with Crippen molar-refractivity contribution in [1.82, 2.24) is 9.97 Å². The monoisotopic (exact) mass is 253 g/mol. The van der Waals surface area contributed by atoms with E-state index in [0.717, 1.165) is 12.1 Å². The summed E-state index contributed by atoms with van der Waals surface area (Å²) < 4.78 is 0. The van der Waals surface area contributed by atoms with Crippen LogP contribution in [0.15, 0.2) is 36.5 Å². The molecule has 0 bridgehead atoms. The minimum atomic E-state index is 0.156. The van der Waals surface area contributed by atoms with Gasteiger partial charge in [0.05, 0.1) is 5.69 Å². The summed E-state index contributed by atoms with van der Waals surface area (Å²) in [5, 5.41) is 3.27. The second-order valence-corrected chi connectivity index (χ2v) is 5.80. The number of hydrogen-bond acceptors (Lipinski definition) is 3. The minimum Gasteiger partial charge on any atom is -0.324 e. The maximum absolute atomic E-state index is 4.74. The number of anilines is 2. The number of hydrogen-bond donors (Lipinski definition) is 1. The smallest absolute Gasteiger partial charge is 0.227 e. The molecule has 3 heteroatoms. The maximum atomic E-state index is 4.74. The number of fused-ring (bicyclic) bond motifs is 1. The van der Waals surface area contributed by atoms with Crippen LogP contribution in [0.5, 0.6) is 0 Å². The van der Waals surface area contributed by atoms with Crippen molar-refractivity contribution < 1.29 is 0 Å². The van der Waals surface area contributed by atoms with Gasteiger partial charge in [0.2, 0.25) is 5.95 Å². The number of benzene rings is 1. The van der Waals surface area contributed by atoms with Gasteiger partial charge in [-0.25, -0.2) is 9.97 Å². The van der Waals surface area contributed by atoms with Crippen LogP contribution < -0.4 is 5.32 Å². The molecule has 0 aliphatic heterocycles. The van der Waals surface area contributed by atoms with Crippen LogP contribution in [0.4, 0.5) is 11.6 Å². The van der Waals surface area contributed by atoms with Crippen molar-refractivity contribution >= 4 is 11.6 Å². The summed E-state index contributed by atoms with van der Waals surface area (Å²) in [4.78, 5) is 9.17. The maximum Gasteiger partial charge on any atom is 0.227 e. The Morgan fingerprint density at radius 3 is 2.74 bits per heavy atom. The van der Waals surface area contributed by atoms with E-state index in [9.17, 15) is 0 Å². The molecular weight excluding hydrogens is 234 g/mol. The molecule has 1 aromatic carbocycles. The van der Waals surface area contributed by atoms with Crippen molar-refractivity contribution in [3.05, 3.63) is 47.8 Å². The highest BCUT2D eigenvalue weighted by atomic mass is 15.1. The van der Waals surface area contributed by atoms with Crippen molar-refractivity contribution in [1.29, 1.82) is 0 Å². The summed E-state index contributed by atoms with van der Waals surface area (Å²) in [6.07, 6.45) is 5.51. The largest absolute Gasteiger partial charge is 0.324 e. The fourth-order valence-electron chi connectivity index (χ4n) is 2.73. The Morgan fingerprint density at radius 2 is 1.95 bits per heavy atom. The molecule has 19 heavy (non-hydrogen) atoms. The van der Waals surface area contributed by atoms with E-state index in [4.69, 9.17) is 4.98 Å². The Morgan fingerprint density at radius 1 is 1.16 bits per heavy atom. The lowest BCUT2D eigenvalue weighted by Crippen LogP contribution is -2.26. The first-order valence-corrected chi connectivity index (χ1v) is 6.84. The highest BCUT2D eigenvalue weighted by Crippen LogP contribution is 2.35. The Bertz CT molecular complexity index is 576. The van der Waals surface area contributed by atoms with Gasteiger partial charge < -0.3 is 5.32 Å². The molecule has 3 nitrogen and oxygen atoms in total. The van der Waals surface area contributed by atoms with Gasteiger partial charge >= 0.3 is 0 Å². The Kier molecular flexibility index (Phi) is 2.97. The van der Waals surface area contributed by atoms with Gasteiger partial charge in [-0.1, -0.05) is 32.0 Å². The normalized spacial score (nSPS) is 16.7. The number of nitrogens with zero attached hydrogens (tertiary/aromatic N) is 2. The standard InChI is InChI=1S/C16H19N3/c1-16(2)10-6-7-12-11-17-15(19-14(12)16)18-13-8-4-3-5-9-13/h3-5,8-9,11H,6-7,10H2,1-2H3,(H,17,18,19). The van der Waals surface area contributed by atoms with Gasteiger partial charge in [0.25, 0.3) is 0 Å². The lowest BCUT2D eigenvalue weighted by Gasteiger charge is -2.31. The van der Waals surface area contributed by atoms with Crippen LogP contribution in [-0.2, 0) is 11.8 Å². The Balaban J connectivity index is 1.93. The third-order valence-electron chi connectivity index (χ3n) is 3.78. The molecule has 1 aromatic heterocycles. The molecular formula is C16H19N3. The van der Waals surface area contributed by atoms with Crippen LogP contribution in [0.3, 0.4) is 0 Å². The fraction of sp³-hybridized carbons (Fsp3) is 0.375. The molecule has 0 radical (unpaired) electrons. The van der Waals surface area contributed by atoms with E-state index in [1.165, 1.54) is 24.1 Å². The van der Waals surface area contributed by atoms with E-state index in [1.54, 1.807) is 0 Å². The van der Waals surface area contributed by atoms with Crippen LogP contribution in [0.1, 0.15) is 37.9 Å². The molecule has 1 heterocycles. The summed E-state index contributed by atoms with van der Waals surface area (Å²) >= 11 is 0. The first-order valence-electron chi connectivity index (χ1n) is 6.84. The summed E-state index contributed by atoms with van der Waals surface area (Å²) in [5.74, 6) is 0.694. The van der Waals surface area contributed by atoms with Crippen molar-refractivity contribution in [3.63, 3.8) is 0 Å². The van der Waals surface area contributed by atoms with E-state index >= 15 is 0 Å². The van der Waals surface area contributed by atoms with Gasteiger partial charge in [0.15, 0.2) is 0 Å². The first kappa shape index (κ1) is 12.2. The zero-order valence-electron chi connectivity index (χ0n) is 11.5. The zero-order chi connectivity index (χ0) is 13.3. The third-order valence-corrected chi connectivity index (χ3v) is 3.78. The molecule has 98 valence electrons. The van der Waals surface area contributed by atoms with Crippen molar-refractivity contribution in [2.45, 2.75) is 38.5 Å². The predicted octanol–water partition coefficient (Wildman–Crippen LogP) is 3.83. The molecule has 1 N–H and O–H groups in total. The Hall–Kier alpha value is -1.90. The third kappa shape index (κ3) is 2.46. The second kappa shape index (κ2) is 4.65. The highest BCUT2D eigenvalue weighted by Gasteiger charge is 2.29. The number of rotatable bonds is 2. The van der Waals surface area contributed by atoms with Gasteiger partial charge in [-0.05, 0) is 37.0 Å². The molecule has 3 rings (SSSR count). The molecule has 1 aliphatic carbocycles. The Labute approximate surface area is 114 Å². The number of para-hydroxylation sites is 1. The van der Waals surface area contributed by atoms with E-state index in [1.807, 2.05) is 36.5 Å². The lowest BCUT2D eigenvalue weighted by atomic mass is 9.76.